The first-order valence-corrected chi connectivity index (χ1v) is 7.28. The minimum Gasteiger partial charge on any atom is -0.497 e. The summed E-state index contributed by atoms with van der Waals surface area (Å²) in [5.41, 5.74) is 1.96. The van der Waals surface area contributed by atoms with Crippen molar-refractivity contribution in [1.82, 2.24) is 0 Å². The number of carbonyl (C=O) groups is 3. The topological polar surface area (TPSA) is 60.4 Å². The Kier molecular flexibility index (Phi) is 5.41. The Balaban J connectivity index is 1.94. The van der Waals surface area contributed by atoms with Crippen molar-refractivity contribution in [3.63, 3.8) is 0 Å². The number of Topliss-reactive ketones (excluding diaryl/α,β-unsaturated/α-hetero) is 3. The van der Waals surface area contributed by atoms with Gasteiger partial charge in [-0.1, -0.05) is 29.8 Å². The summed E-state index contributed by atoms with van der Waals surface area (Å²) in [4.78, 5) is 36.0. The van der Waals surface area contributed by atoms with Gasteiger partial charge in [-0.05, 0) is 31.2 Å². The van der Waals surface area contributed by atoms with E-state index in [9.17, 15) is 14.4 Å². The summed E-state index contributed by atoms with van der Waals surface area (Å²) in [7, 11) is 1.54. The highest BCUT2D eigenvalue weighted by atomic mass is 16.5. The SMILES string of the molecule is COc1ccc(C(=O)CC(=O)CC(=O)c2ccc(C)cc2)cc1. The predicted octanol–water partition coefficient (Wildman–Crippen LogP) is 3.42. The molecule has 0 spiro atoms. The standard InChI is InChI=1S/C19H18O4/c1-13-3-5-14(6-4-13)18(21)11-16(20)12-19(22)15-7-9-17(23-2)10-8-15/h3-10H,11-12H2,1-2H3. The quantitative estimate of drug-likeness (QED) is 0.581. The minimum absolute atomic E-state index is 0.259. The van der Waals surface area contributed by atoms with Crippen molar-refractivity contribution in [2.45, 2.75) is 19.8 Å². The Morgan fingerprint density at radius 1 is 0.783 bits per heavy atom. The van der Waals surface area contributed by atoms with Gasteiger partial charge in [-0.2, -0.15) is 0 Å². The Hall–Kier alpha value is -2.75. The van der Waals surface area contributed by atoms with Gasteiger partial charge in [0.25, 0.3) is 0 Å². The van der Waals surface area contributed by atoms with Crippen LogP contribution in [0.5, 0.6) is 5.75 Å². The number of hydrogen-bond acceptors (Lipinski definition) is 4. The van der Waals surface area contributed by atoms with Gasteiger partial charge < -0.3 is 4.74 Å². The van der Waals surface area contributed by atoms with Crippen molar-refractivity contribution < 1.29 is 19.1 Å². The molecule has 23 heavy (non-hydrogen) atoms. The molecule has 0 unspecified atom stereocenters. The zero-order valence-electron chi connectivity index (χ0n) is 13.2. The number of hydrogen-bond donors (Lipinski definition) is 0. The van der Waals surface area contributed by atoms with Crippen LogP contribution in [0.15, 0.2) is 48.5 Å². The molecule has 0 saturated heterocycles. The molecule has 4 nitrogen and oxygen atoms in total. The smallest absolute Gasteiger partial charge is 0.170 e. The number of benzene rings is 2. The van der Waals surface area contributed by atoms with Crippen LogP contribution in [0.25, 0.3) is 0 Å². The number of methoxy groups -OCH3 is 1. The summed E-state index contributed by atoms with van der Waals surface area (Å²) in [5.74, 6) is -0.300. The van der Waals surface area contributed by atoms with Crippen molar-refractivity contribution in [1.29, 1.82) is 0 Å². The monoisotopic (exact) mass is 310 g/mol. The van der Waals surface area contributed by atoms with Crippen LogP contribution in [0.4, 0.5) is 0 Å². The summed E-state index contributed by atoms with van der Waals surface area (Å²) in [6.07, 6.45) is -0.533. The van der Waals surface area contributed by atoms with Crippen LogP contribution in [-0.2, 0) is 4.79 Å². The predicted molar refractivity (Wildman–Crippen MR) is 87.1 cm³/mol. The minimum atomic E-state index is -0.378. The fourth-order valence-electron chi connectivity index (χ4n) is 2.14. The van der Waals surface area contributed by atoms with E-state index in [1.54, 1.807) is 36.4 Å². The van der Waals surface area contributed by atoms with Gasteiger partial charge in [0.05, 0.1) is 20.0 Å². The van der Waals surface area contributed by atoms with E-state index in [4.69, 9.17) is 4.74 Å². The maximum absolute atomic E-state index is 12.0. The highest BCUT2D eigenvalue weighted by Crippen LogP contribution is 2.14. The van der Waals surface area contributed by atoms with Gasteiger partial charge in [-0.15, -0.1) is 0 Å². The second kappa shape index (κ2) is 7.49. The van der Waals surface area contributed by atoms with Gasteiger partial charge in [-0.25, -0.2) is 0 Å². The largest absolute Gasteiger partial charge is 0.497 e. The molecule has 0 radical (unpaired) electrons. The van der Waals surface area contributed by atoms with Crippen LogP contribution in [0, 0.1) is 6.92 Å². The molecule has 0 amide bonds. The van der Waals surface area contributed by atoms with Crippen LogP contribution in [0.3, 0.4) is 0 Å². The van der Waals surface area contributed by atoms with E-state index < -0.39 is 0 Å². The van der Waals surface area contributed by atoms with Crippen molar-refractivity contribution >= 4 is 17.3 Å². The van der Waals surface area contributed by atoms with Gasteiger partial charge in [-0.3, -0.25) is 14.4 Å². The Labute approximate surface area is 135 Å². The molecule has 4 heteroatoms. The zero-order chi connectivity index (χ0) is 16.8. The number of carbonyl (C=O) groups excluding carboxylic acids is 3. The number of ketones is 3. The van der Waals surface area contributed by atoms with E-state index in [1.807, 2.05) is 19.1 Å². The highest BCUT2D eigenvalue weighted by molar-refractivity contribution is 6.15. The highest BCUT2D eigenvalue weighted by Gasteiger charge is 2.16. The normalized spacial score (nSPS) is 10.2. The van der Waals surface area contributed by atoms with Crippen molar-refractivity contribution in [3.05, 3.63) is 65.2 Å². The third kappa shape index (κ3) is 4.61. The molecule has 0 heterocycles. The lowest BCUT2D eigenvalue weighted by Crippen LogP contribution is -2.13. The molecular formula is C19H18O4. The molecule has 2 rings (SSSR count). The van der Waals surface area contributed by atoms with E-state index in [2.05, 4.69) is 0 Å². The Morgan fingerprint density at radius 3 is 1.65 bits per heavy atom. The summed E-state index contributed by atoms with van der Waals surface area (Å²) < 4.78 is 5.02. The van der Waals surface area contributed by atoms with Crippen molar-refractivity contribution in [2.24, 2.45) is 0 Å². The van der Waals surface area contributed by atoms with Gasteiger partial charge in [0.15, 0.2) is 11.6 Å². The third-order valence-corrected chi connectivity index (χ3v) is 3.50. The second-order valence-electron chi connectivity index (χ2n) is 5.33. The molecule has 2 aromatic carbocycles. The summed E-state index contributed by atoms with van der Waals surface area (Å²) in [6.45, 7) is 1.92. The molecule has 0 N–H and O–H groups in total. The molecule has 0 atom stereocenters. The van der Waals surface area contributed by atoms with E-state index >= 15 is 0 Å². The fourth-order valence-corrected chi connectivity index (χ4v) is 2.14. The van der Waals surface area contributed by atoms with Crippen LogP contribution < -0.4 is 4.74 Å². The van der Waals surface area contributed by atoms with Gasteiger partial charge in [0, 0.05) is 11.1 Å². The molecular weight excluding hydrogens is 292 g/mol. The molecule has 0 saturated carbocycles. The first-order valence-electron chi connectivity index (χ1n) is 7.28. The lowest BCUT2D eigenvalue weighted by atomic mass is 10.00. The Morgan fingerprint density at radius 2 is 1.22 bits per heavy atom. The average molecular weight is 310 g/mol. The van der Waals surface area contributed by atoms with Gasteiger partial charge in [0.1, 0.15) is 11.5 Å². The first-order chi connectivity index (χ1) is 11.0. The van der Waals surface area contributed by atoms with E-state index in [1.165, 1.54) is 7.11 Å². The average Bonchev–Trinajstić information content (AvgIpc) is 2.55. The zero-order valence-corrected chi connectivity index (χ0v) is 13.2. The summed E-state index contributed by atoms with van der Waals surface area (Å²) >= 11 is 0. The second-order valence-corrected chi connectivity index (χ2v) is 5.33. The van der Waals surface area contributed by atoms with E-state index in [0.29, 0.717) is 16.9 Å². The molecule has 0 fully saturated rings. The molecule has 0 aliphatic carbocycles. The number of ether oxygens (including phenoxy) is 1. The van der Waals surface area contributed by atoms with Crippen molar-refractivity contribution in [2.75, 3.05) is 7.11 Å². The maximum Gasteiger partial charge on any atom is 0.170 e. The lowest BCUT2D eigenvalue weighted by Gasteiger charge is -2.03. The lowest BCUT2D eigenvalue weighted by molar-refractivity contribution is -0.117. The summed E-state index contributed by atoms with van der Waals surface area (Å²) in [6, 6.07) is 13.6. The molecule has 0 bridgehead atoms. The summed E-state index contributed by atoms with van der Waals surface area (Å²) in [5, 5.41) is 0. The Bertz CT molecular complexity index is 712. The van der Waals surface area contributed by atoms with Crippen LogP contribution >= 0.6 is 0 Å². The molecule has 0 aliphatic rings. The van der Waals surface area contributed by atoms with Gasteiger partial charge >= 0.3 is 0 Å². The van der Waals surface area contributed by atoms with Crippen molar-refractivity contribution in [3.8, 4) is 5.75 Å². The van der Waals surface area contributed by atoms with E-state index in [-0.39, 0.29) is 30.2 Å². The fraction of sp³-hybridized carbons (Fsp3) is 0.211. The molecule has 0 aliphatic heterocycles. The van der Waals surface area contributed by atoms with Gasteiger partial charge in [0.2, 0.25) is 0 Å². The third-order valence-electron chi connectivity index (χ3n) is 3.50. The first kappa shape index (κ1) is 16.6. The molecule has 2 aromatic rings. The van der Waals surface area contributed by atoms with Crippen LogP contribution in [0.1, 0.15) is 39.1 Å². The molecule has 118 valence electrons. The van der Waals surface area contributed by atoms with E-state index in [0.717, 1.165) is 5.56 Å². The van der Waals surface area contributed by atoms with Crippen LogP contribution in [0.2, 0.25) is 0 Å². The number of rotatable bonds is 7. The maximum atomic E-state index is 12.0. The molecule has 0 aromatic heterocycles. The number of aryl methyl sites for hydroxylation is 1. The van der Waals surface area contributed by atoms with Crippen LogP contribution in [-0.4, -0.2) is 24.5 Å².